The maximum atomic E-state index is 11.8. The summed E-state index contributed by atoms with van der Waals surface area (Å²) in [6, 6.07) is 5.57. The van der Waals surface area contributed by atoms with Gasteiger partial charge in [0.25, 0.3) is 0 Å². The van der Waals surface area contributed by atoms with Crippen LogP contribution in [0.1, 0.15) is 43.9 Å². The molecule has 2 aromatic rings. The highest BCUT2D eigenvalue weighted by Crippen LogP contribution is 2.24. The summed E-state index contributed by atoms with van der Waals surface area (Å²) in [5.41, 5.74) is 7.62. The average molecular weight is 273 g/mol. The third-order valence-corrected chi connectivity index (χ3v) is 2.94. The number of pyridine rings is 2. The first-order valence-electron chi connectivity index (χ1n) is 6.58. The zero-order chi connectivity index (χ0) is 14.9. The van der Waals surface area contributed by atoms with Gasteiger partial charge in [0.2, 0.25) is 0 Å². The lowest BCUT2D eigenvalue weighted by atomic mass is 9.91. The van der Waals surface area contributed by atoms with E-state index < -0.39 is 5.97 Å². The van der Waals surface area contributed by atoms with Crippen LogP contribution in [0, 0.1) is 0 Å². The number of fused-ring (bicyclic) bond motifs is 1. The van der Waals surface area contributed by atoms with Crippen LogP contribution in [0.5, 0.6) is 0 Å². The summed E-state index contributed by atoms with van der Waals surface area (Å²) in [6.45, 7) is 8.25. The van der Waals surface area contributed by atoms with Crippen molar-refractivity contribution in [3.8, 4) is 0 Å². The lowest BCUT2D eigenvalue weighted by molar-refractivity contribution is 0.0521. The van der Waals surface area contributed by atoms with Crippen molar-refractivity contribution < 1.29 is 9.53 Å². The Hall–Kier alpha value is -2.17. The highest BCUT2D eigenvalue weighted by Gasteiger charge is 2.18. The number of carbonyl (C=O) groups excluding carboxylic acids is 1. The van der Waals surface area contributed by atoms with Gasteiger partial charge in [-0.25, -0.2) is 14.8 Å². The highest BCUT2D eigenvalue weighted by molar-refractivity contribution is 5.96. The quantitative estimate of drug-likeness (QED) is 0.851. The molecular weight excluding hydrogens is 254 g/mol. The lowest BCUT2D eigenvalue weighted by Crippen LogP contribution is -2.15. The Balaban J connectivity index is 2.57. The Morgan fingerprint density at radius 2 is 2.00 bits per heavy atom. The van der Waals surface area contributed by atoms with Gasteiger partial charge >= 0.3 is 5.97 Å². The number of esters is 1. The Bertz CT molecular complexity index is 660. The minimum absolute atomic E-state index is 0.0820. The van der Waals surface area contributed by atoms with Crippen molar-refractivity contribution in [1.29, 1.82) is 0 Å². The molecule has 0 aliphatic heterocycles. The van der Waals surface area contributed by atoms with Crippen LogP contribution in [0.15, 0.2) is 18.2 Å². The molecule has 5 nitrogen and oxygen atoms in total. The highest BCUT2D eigenvalue weighted by atomic mass is 16.5. The van der Waals surface area contributed by atoms with Gasteiger partial charge in [-0.05, 0) is 25.1 Å². The smallest absolute Gasteiger partial charge is 0.359 e. The predicted octanol–water partition coefficient (Wildman–Crippen LogP) is 2.69. The number of anilines is 1. The average Bonchev–Trinajstić information content (AvgIpc) is 2.36. The van der Waals surface area contributed by atoms with Crippen molar-refractivity contribution in [1.82, 2.24) is 9.97 Å². The second-order valence-electron chi connectivity index (χ2n) is 5.64. The van der Waals surface area contributed by atoms with E-state index in [1.54, 1.807) is 13.0 Å². The number of hydrogen-bond acceptors (Lipinski definition) is 5. The van der Waals surface area contributed by atoms with Crippen LogP contribution in [0.2, 0.25) is 0 Å². The number of carbonyl (C=O) groups is 1. The Kier molecular flexibility index (Phi) is 3.61. The molecule has 0 radical (unpaired) electrons. The topological polar surface area (TPSA) is 78.1 Å². The number of nitrogens with zero attached hydrogens (tertiary/aromatic N) is 2. The third kappa shape index (κ3) is 2.71. The number of nitrogens with two attached hydrogens (primary N) is 1. The van der Waals surface area contributed by atoms with Crippen molar-refractivity contribution >= 4 is 22.7 Å². The number of rotatable bonds is 2. The molecule has 0 aliphatic rings. The van der Waals surface area contributed by atoms with Crippen LogP contribution in [0.4, 0.5) is 5.69 Å². The van der Waals surface area contributed by atoms with E-state index >= 15 is 0 Å². The molecule has 0 aliphatic carbocycles. The molecule has 0 amide bonds. The fourth-order valence-electron chi connectivity index (χ4n) is 1.85. The zero-order valence-electron chi connectivity index (χ0n) is 12.2. The molecule has 0 bridgehead atoms. The van der Waals surface area contributed by atoms with Gasteiger partial charge < -0.3 is 10.5 Å². The first-order valence-corrected chi connectivity index (χ1v) is 6.58. The molecule has 2 rings (SSSR count). The van der Waals surface area contributed by atoms with Crippen molar-refractivity contribution in [2.24, 2.45) is 0 Å². The number of ether oxygens (including phenoxy) is 1. The monoisotopic (exact) mass is 273 g/mol. The Labute approximate surface area is 118 Å². The van der Waals surface area contributed by atoms with Gasteiger partial charge in [-0.3, -0.25) is 0 Å². The molecule has 0 fully saturated rings. The molecule has 106 valence electrons. The summed E-state index contributed by atoms with van der Waals surface area (Å²) >= 11 is 0. The molecule has 0 saturated carbocycles. The van der Waals surface area contributed by atoms with E-state index in [-0.39, 0.29) is 17.7 Å². The van der Waals surface area contributed by atoms with Crippen molar-refractivity contribution in [2.75, 3.05) is 12.3 Å². The molecule has 2 N–H and O–H groups in total. The van der Waals surface area contributed by atoms with E-state index in [1.165, 1.54) is 0 Å². The fourth-order valence-corrected chi connectivity index (χ4v) is 1.85. The summed E-state index contributed by atoms with van der Waals surface area (Å²) in [5.74, 6) is -0.519. The standard InChI is InChI=1S/C15H19N3O2/c1-5-20-14(19)12-10(16)8-9-6-7-11(15(2,3)4)17-13(9)18-12/h6-8H,5,16H2,1-4H3. The molecule has 0 unspecified atom stereocenters. The number of aromatic nitrogens is 2. The summed E-state index contributed by atoms with van der Waals surface area (Å²) < 4.78 is 4.95. The van der Waals surface area contributed by atoms with E-state index in [1.807, 2.05) is 12.1 Å². The van der Waals surface area contributed by atoms with E-state index in [2.05, 4.69) is 30.7 Å². The molecular formula is C15H19N3O2. The zero-order valence-corrected chi connectivity index (χ0v) is 12.2. The van der Waals surface area contributed by atoms with Gasteiger partial charge in [0, 0.05) is 16.5 Å². The molecule has 5 heteroatoms. The van der Waals surface area contributed by atoms with Crippen LogP contribution in [-0.4, -0.2) is 22.5 Å². The summed E-state index contributed by atoms with van der Waals surface area (Å²) in [5, 5.41) is 0.809. The minimum atomic E-state index is -0.519. The molecule has 0 atom stereocenters. The van der Waals surface area contributed by atoms with Crippen molar-refractivity contribution in [3.63, 3.8) is 0 Å². The van der Waals surface area contributed by atoms with E-state index in [0.29, 0.717) is 11.3 Å². The maximum absolute atomic E-state index is 11.8. The molecule has 0 saturated heterocycles. The fraction of sp³-hybridized carbons (Fsp3) is 0.400. The number of hydrogen-bond donors (Lipinski definition) is 1. The summed E-state index contributed by atoms with van der Waals surface area (Å²) in [7, 11) is 0. The predicted molar refractivity (Wildman–Crippen MR) is 78.6 cm³/mol. The third-order valence-electron chi connectivity index (χ3n) is 2.94. The van der Waals surface area contributed by atoms with Gasteiger partial charge in [0.1, 0.15) is 0 Å². The summed E-state index contributed by atoms with van der Waals surface area (Å²) in [6.07, 6.45) is 0. The SMILES string of the molecule is CCOC(=O)c1nc2nc(C(C)(C)C)ccc2cc1N. The second-order valence-corrected chi connectivity index (χ2v) is 5.64. The molecule has 2 aromatic heterocycles. The molecule has 20 heavy (non-hydrogen) atoms. The lowest BCUT2D eigenvalue weighted by Gasteiger charge is -2.17. The minimum Gasteiger partial charge on any atom is -0.461 e. The Morgan fingerprint density at radius 3 is 2.60 bits per heavy atom. The van der Waals surface area contributed by atoms with Gasteiger partial charge in [-0.1, -0.05) is 20.8 Å². The van der Waals surface area contributed by atoms with E-state index in [9.17, 15) is 4.79 Å². The van der Waals surface area contributed by atoms with Crippen molar-refractivity contribution in [2.45, 2.75) is 33.1 Å². The van der Waals surface area contributed by atoms with Crippen LogP contribution in [0.3, 0.4) is 0 Å². The van der Waals surface area contributed by atoms with Crippen LogP contribution >= 0.6 is 0 Å². The van der Waals surface area contributed by atoms with Gasteiger partial charge in [0.05, 0.1) is 12.3 Å². The van der Waals surface area contributed by atoms with Gasteiger partial charge in [-0.2, -0.15) is 0 Å². The molecule has 0 aromatic carbocycles. The van der Waals surface area contributed by atoms with Crippen LogP contribution in [-0.2, 0) is 10.2 Å². The molecule has 0 spiro atoms. The first-order chi connectivity index (χ1) is 9.32. The van der Waals surface area contributed by atoms with Gasteiger partial charge in [-0.15, -0.1) is 0 Å². The first kappa shape index (κ1) is 14.2. The van der Waals surface area contributed by atoms with Crippen LogP contribution < -0.4 is 5.73 Å². The Morgan fingerprint density at radius 1 is 1.30 bits per heavy atom. The molecule has 2 heterocycles. The normalized spacial score (nSPS) is 11.6. The van der Waals surface area contributed by atoms with Gasteiger partial charge in [0.15, 0.2) is 11.3 Å². The van der Waals surface area contributed by atoms with E-state index in [4.69, 9.17) is 10.5 Å². The maximum Gasteiger partial charge on any atom is 0.359 e. The second kappa shape index (κ2) is 5.07. The number of nitrogen functional groups attached to an aromatic ring is 1. The van der Waals surface area contributed by atoms with Crippen LogP contribution in [0.25, 0.3) is 11.0 Å². The van der Waals surface area contributed by atoms with Crippen molar-refractivity contribution in [3.05, 3.63) is 29.6 Å². The van der Waals surface area contributed by atoms with E-state index in [0.717, 1.165) is 11.1 Å². The largest absolute Gasteiger partial charge is 0.461 e. The summed E-state index contributed by atoms with van der Waals surface area (Å²) in [4.78, 5) is 20.6.